The fourth-order valence-electron chi connectivity index (χ4n) is 3.25. The zero-order valence-electron chi connectivity index (χ0n) is 17.7. The predicted molar refractivity (Wildman–Crippen MR) is 123 cm³/mol. The number of carbonyl (C=O) groups excluding carboxylic acids is 1. The fraction of sp³-hybridized carbons (Fsp3) is 0.261. The van der Waals surface area contributed by atoms with Crippen LogP contribution in [0.25, 0.3) is 15.3 Å². The monoisotopic (exact) mass is 436 g/mol. The highest BCUT2D eigenvalue weighted by molar-refractivity contribution is 7.20. The van der Waals surface area contributed by atoms with Gasteiger partial charge < -0.3 is 14.8 Å². The molecule has 4 rings (SSSR count). The number of benzene rings is 2. The van der Waals surface area contributed by atoms with E-state index in [1.807, 2.05) is 69.3 Å². The lowest BCUT2D eigenvalue weighted by Crippen LogP contribution is -2.17. The van der Waals surface area contributed by atoms with E-state index in [4.69, 9.17) is 14.5 Å². The molecule has 0 fully saturated rings. The molecule has 1 amide bonds. The Kier molecular flexibility index (Phi) is 6.18. The van der Waals surface area contributed by atoms with Gasteiger partial charge in [0.25, 0.3) is 0 Å². The van der Waals surface area contributed by atoms with Crippen molar-refractivity contribution in [2.24, 2.45) is 0 Å². The zero-order chi connectivity index (χ0) is 21.8. The summed E-state index contributed by atoms with van der Waals surface area (Å²) >= 11 is 1.50. The van der Waals surface area contributed by atoms with Gasteiger partial charge in [0.15, 0.2) is 0 Å². The topological polar surface area (TPSA) is 78.3 Å². The number of thiazole rings is 1. The molecule has 4 aromatic rings. The van der Waals surface area contributed by atoms with Crippen LogP contribution in [0.5, 0.6) is 11.5 Å². The summed E-state index contributed by atoms with van der Waals surface area (Å²) in [7, 11) is 0. The average molecular weight is 437 g/mol. The van der Waals surface area contributed by atoms with Gasteiger partial charge in [-0.2, -0.15) is 9.78 Å². The summed E-state index contributed by atoms with van der Waals surface area (Å²) in [4.78, 5) is 17.4. The normalized spacial score (nSPS) is 10.9. The van der Waals surface area contributed by atoms with E-state index in [-0.39, 0.29) is 12.3 Å². The number of aryl methyl sites for hydroxylation is 1. The number of nitrogens with zero attached hydrogens (tertiary/aromatic N) is 3. The minimum atomic E-state index is -0.124. The zero-order valence-corrected chi connectivity index (χ0v) is 18.5. The van der Waals surface area contributed by atoms with Crippen molar-refractivity contribution in [3.8, 4) is 16.6 Å². The maximum atomic E-state index is 12.7. The summed E-state index contributed by atoms with van der Waals surface area (Å²) in [5, 5.41) is 8.18. The van der Waals surface area contributed by atoms with Gasteiger partial charge in [-0.15, -0.1) is 0 Å². The van der Waals surface area contributed by atoms with E-state index in [9.17, 15) is 4.79 Å². The van der Waals surface area contributed by atoms with E-state index < -0.39 is 0 Å². The van der Waals surface area contributed by atoms with Crippen LogP contribution in [0.1, 0.15) is 25.1 Å². The molecule has 0 saturated heterocycles. The van der Waals surface area contributed by atoms with Crippen LogP contribution in [0.2, 0.25) is 0 Å². The molecule has 2 aromatic carbocycles. The third kappa shape index (κ3) is 4.69. The van der Waals surface area contributed by atoms with Crippen molar-refractivity contribution in [2.75, 3.05) is 18.5 Å². The van der Waals surface area contributed by atoms with Gasteiger partial charge in [-0.3, -0.25) is 4.79 Å². The third-order valence-electron chi connectivity index (χ3n) is 4.55. The summed E-state index contributed by atoms with van der Waals surface area (Å²) in [6, 6.07) is 15.2. The maximum absolute atomic E-state index is 12.7. The Balaban J connectivity index is 1.55. The molecule has 0 aliphatic carbocycles. The number of fused-ring (bicyclic) bond motifs is 1. The Morgan fingerprint density at radius 2 is 1.87 bits per heavy atom. The number of ether oxygens (including phenoxy) is 2. The fourth-order valence-corrected chi connectivity index (χ4v) is 4.20. The van der Waals surface area contributed by atoms with E-state index in [1.165, 1.54) is 11.3 Å². The first-order valence-electron chi connectivity index (χ1n) is 10.2. The number of para-hydroxylation sites is 1. The highest BCUT2D eigenvalue weighted by Gasteiger charge is 2.16. The van der Waals surface area contributed by atoms with Gasteiger partial charge in [-0.05, 0) is 50.6 Å². The second kappa shape index (κ2) is 9.18. The molecule has 0 radical (unpaired) electrons. The Hall–Kier alpha value is -3.39. The smallest absolute Gasteiger partial charge is 0.229 e. The number of nitrogens with one attached hydrogen (secondary N) is 1. The van der Waals surface area contributed by atoms with Crippen molar-refractivity contribution in [1.82, 2.24) is 14.8 Å². The number of rotatable bonds is 8. The standard InChI is InChI=1S/C23H24N4O3S/c1-4-29-17-11-9-16(10-12-17)14-21(28)24-20-13-15(3)26-27(20)23-25-22-18(30-5-2)7-6-8-19(22)31-23/h6-13H,4-5,14H2,1-3H3,(H,24,28). The molecule has 0 spiro atoms. The van der Waals surface area contributed by atoms with E-state index >= 15 is 0 Å². The van der Waals surface area contributed by atoms with Crippen molar-refractivity contribution in [2.45, 2.75) is 27.2 Å². The van der Waals surface area contributed by atoms with Gasteiger partial charge >= 0.3 is 0 Å². The number of hydrogen-bond donors (Lipinski definition) is 1. The van der Waals surface area contributed by atoms with Crippen LogP contribution in [0.3, 0.4) is 0 Å². The number of amides is 1. The first-order chi connectivity index (χ1) is 15.1. The first-order valence-corrected chi connectivity index (χ1v) is 11.0. The van der Waals surface area contributed by atoms with Crippen molar-refractivity contribution in [1.29, 1.82) is 0 Å². The van der Waals surface area contributed by atoms with Gasteiger partial charge in [0.2, 0.25) is 11.0 Å². The van der Waals surface area contributed by atoms with Crippen molar-refractivity contribution in [3.63, 3.8) is 0 Å². The molecule has 0 saturated carbocycles. The number of carbonyl (C=O) groups is 1. The van der Waals surface area contributed by atoms with Gasteiger partial charge in [0.05, 0.1) is 30.0 Å². The lowest BCUT2D eigenvalue weighted by molar-refractivity contribution is -0.115. The van der Waals surface area contributed by atoms with Gasteiger partial charge in [-0.1, -0.05) is 29.5 Å². The molecule has 31 heavy (non-hydrogen) atoms. The van der Waals surface area contributed by atoms with Crippen LogP contribution in [-0.4, -0.2) is 33.9 Å². The van der Waals surface area contributed by atoms with Crippen LogP contribution in [-0.2, 0) is 11.2 Å². The van der Waals surface area contributed by atoms with Crippen molar-refractivity contribution in [3.05, 3.63) is 59.8 Å². The van der Waals surface area contributed by atoms with Crippen LogP contribution in [0.15, 0.2) is 48.5 Å². The molecule has 0 bridgehead atoms. The van der Waals surface area contributed by atoms with Crippen LogP contribution in [0, 0.1) is 6.92 Å². The highest BCUT2D eigenvalue weighted by atomic mass is 32.1. The average Bonchev–Trinajstić information content (AvgIpc) is 3.33. The third-order valence-corrected chi connectivity index (χ3v) is 5.55. The summed E-state index contributed by atoms with van der Waals surface area (Å²) in [5.41, 5.74) is 2.50. The SMILES string of the molecule is CCOc1ccc(CC(=O)Nc2cc(C)nn2-c2nc3c(OCC)cccc3s2)cc1. The van der Waals surface area contributed by atoms with E-state index in [1.54, 1.807) is 4.68 Å². The minimum Gasteiger partial charge on any atom is -0.494 e. The van der Waals surface area contributed by atoms with Crippen molar-refractivity contribution >= 4 is 33.3 Å². The molecule has 0 aliphatic heterocycles. The van der Waals surface area contributed by atoms with E-state index in [0.29, 0.717) is 24.2 Å². The van der Waals surface area contributed by atoms with Crippen LogP contribution >= 0.6 is 11.3 Å². The summed E-state index contributed by atoms with van der Waals surface area (Å²) < 4.78 is 13.8. The van der Waals surface area contributed by atoms with Gasteiger partial charge in [0.1, 0.15) is 22.8 Å². The van der Waals surface area contributed by atoms with Crippen LogP contribution < -0.4 is 14.8 Å². The largest absolute Gasteiger partial charge is 0.494 e. The molecule has 0 atom stereocenters. The maximum Gasteiger partial charge on any atom is 0.229 e. The first kappa shape index (κ1) is 20.9. The Labute approximate surface area is 184 Å². The lowest BCUT2D eigenvalue weighted by Gasteiger charge is -2.07. The molecule has 2 aromatic heterocycles. The minimum absolute atomic E-state index is 0.124. The quantitative estimate of drug-likeness (QED) is 0.430. The molecule has 160 valence electrons. The molecule has 7 nitrogen and oxygen atoms in total. The van der Waals surface area contributed by atoms with Crippen molar-refractivity contribution < 1.29 is 14.3 Å². The number of hydrogen-bond acceptors (Lipinski definition) is 6. The molecule has 0 aliphatic rings. The molecule has 8 heteroatoms. The van der Waals surface area contributed by atoms with E-state index in [2.05, 4.69) is 10.4 Å². The highest BCUT2D eigenvalue weighted by Crippen LogP contribution is 2.32. The Bertz CT molecular complexity index is 1200. The molecular weight excluding hydrogens is 412 g/mol. The number of aromatic nitrogens is 3. The van der Waals surface area contributed by atoms with Gasteiger partial charge in [-0.25, -0.2) is 4.98 Å². The number of anilines is 1. The van der Waals surface area contributed by atoms with Crippen LogP contribution in [0.4, 0.5) is 5.82 Å². The summed E-state index contributed by atoms with van der Waals surface area (Å²) in [6.45, 7) is 6.95. The predicted octanol–water partition coefficient (Wildman–Crippen LogP) is 4.77. The van der Waals surface area contributed by atoms with E-state index in [0.717, 1.165) is 33.0 Å². The van der Waals surface area contributed by atoms with Gasteiger partial charge in [0, 0.05) is 6.07 Å². The lowest BCUT2D eigenvalue weighted by atomic mass is 10.1. The molecule has 1 N–H and O–H groups in total. The molecule has 2 heterocycles. The molecule has 0 unspecified atom stereocenters. The summed E-state index contributed by atoms with van der Waals surface area (Å²) in [6.07, 6.45) is 0.255. The molecular formula is C23H24N4O3S. The Morgan fingerprint density at radius 3 is 2.61 bits per heavy atom. The second-order valence-corrected chi connectivity index (χ2v) is 7.93. The summed E-state index contributed by atoms with van der Waals surface area (Å²) in [5.74, 6) is 2.00. The Morgan fingerprint density at radius 1 is 1.10 bits per heavy atom. The second-order valence-electron chi connectivity index (χ2n) is 6.92.